The van der Waals surface area contributed by atoms with Crippen LogP contribution in [0.15, 0.2) is 65.0 Å². The van der Waals surface area contributed by atoms with Crippen LogP contribution in [0, 0.1) is 5.82 Å². The Morgan fingerprint density at radius 2 is 1.89 bits per heavy atom. The van der Waals surface area contributed by atoms with Crippen LogP contribution in [0.3, 0.4) is 0 Å². The summed E-state index contributed by atoms with van der Waals surface area (Å²) in [7, 11) is 1.60. The van der Waals surface area contributed by atoms with E-state index in [1.54, 1.807) is 14.0 Å². The summed E-state index contributed by atoms with van der Waals surface area (Å²) >= 11 is 0. The smallest absolute Gasteiger partial charge is 0.337 e. The number of ether oxygens (including phenoxy) is 3. The van der Waals surface area contributed by atoms with Crippen LogP contribution in [-0.4, -0.2) is 43.3 Å². The van der Waals surface area contributed by atoms with Gasteiger partial charge in [-0.2, -0.15) is 0 Å². The summed E-state index contributed by atoms with van der Waals surface area (Å²) < 4.78 is 30.7. The van der Waals surface area contributed by atoms with E-state index in [0.717, 1.165) is 11.6 Å². The molecule has 2 aliphatic heterocycles. The van der Waals surface area contributed by atoms with Gasteiger partial charge in [0.15, 0.2) is 17.3 Å². The Bertz CT molecular complexity index is 1290. The van der Waals surface area contributed by atoms with Gasteiger partial charge < -0.3 is 24.6 Å². The number of hydrogen-bond acceptors (Lipinski definition) is 7. The lowest BCUT2D eigenvalue weighted by atomic mass is 9.71. The van der Waals surface area contributed by atoms with Crippen molar-refractivity contribution in [3.05, 3.63) is 81.9 Å². The van der Waals surface area contributed by atoms with Gasteiger partial charge in [-0.1, -0.05) is 24.3 Å². The number of phenolic OH excluding ortho intramolecular Hbond substituents is 1. The summed E-state index contributed by atoms with van der Waals surface area (Å²) in [5.41, 5.74) is 3.41. The standard InChI is InChI=1S/C29H30FNO6/c1-16-26(29(34)37-19-9-11-36-12-10-19)27(17-7-8-21(30)23(32)14-17)28-22(31-16)13-18(15-24(28)33)20-5-3-4-6-25(20)35-2/h3-8,14,18-19,27,31-32H,9-13,15H2,1-2H3/t18-,27+/m1/s1. The first-order valence-electron chi connectivity index (χ1n) is 12.5. The van der Waals surface area contributed by atoms with Crippen LogP contribution in [0.1, 0.15) is 55.6 Å². The van der Waals surface area contributed by atoms with Gasteiger partial charge in [-0.3, -0.25) is 4.79 Å². The Labute approximate surface area is 214 Å². The average Bonchev–Trinajstić information content (AvgIpc) is 2.89. The molecule has 2 N–H and O–H groups in total. The molecule has 2 aromatic carbocycles. The molecule has 2 aromatic rings. The number of carbonyl (C=O) groups is 2. The zero-order valence-corrected chi connectivity index (χ0v) is 20.9. The molecule has 37 heavy (non-hydrogen) atoms. The van der Waals surface area contributed by atoms with Crippen molar-refractivity contribution in [2.45, 2.75) is 50.5 Å². The second-order valence-electron chi connectivity index (χ2n) is 9.69. The molecule has 3 aliphatic rings. The van der Waals surface area contributed by atoms with E-state index >= 15 is 0 Å². The molecule has 1 aliphatic carbocycles. The Hall–Kier alpha value is -3.65. The van der Waals surface area contributed by atoms with Gasteiger partial charge >= 0.3 is 5.97 Å². The van der Waals surface area contributed by atoms with Crippen molar-refractivity contribution in [2.24, 2.45) is 0 Å². The summed E-state index contributed by atoms with van der Waals surface area (Å²) in [6.45, 7) is 2.81. The molecular formula is C29H30FNO6. The predicted molar refractivity (Wildman–Crippen MR) is 134 cm³/mol. The lowest BCUT2D eigenvalue weighted by molar-refractivity contribution is -0.148. The van der Waals surface area contributed by atoms with Gasteiger partial charge in [0, 0.05) is 48.1 Å². The molecule has 1 fully saturated rings. The van der Waals surface area contributed by atoms with Gasteiger partial charge in [0.05, 0.1) is 25.9 Å². The van der Waals surface area contributed by atoms with Gasteiger partial charge in [0.25, 0.3) is 0 Å². The number of dihydropyridines is 1. The van der Waals surface area contributed by atoms with Gasteiger partial charge in [-0.25, -0.2) is 9.18 Å². The number of ketones is 1. The molecule has 0 unspecified atom stereocenters. The topological polar surface area (TPSA) is 94.1 Å². The van der Waals surface area contributed by atoms with E-state index in [-0.39, 0.29) is 24.2 Å². The second-order valence-corrected chi connectivity index (χ2v) is 9.69. The van der Waals surface area contributed by atoms with Crippen LogP contribution in [-0.2, 0) is 19.1 Å². The van der Waals surface area contributed by atoms with Crippen LogP contribution in [0.5, 0.6) is 11.5 Å². The number of allylic oxidation sites excluding steroid dienone is 3. The highest BCUT2D eigenvalue weighted by molar-refractivity contribution is 6.04. The number of carbonyl (C=O) groups excluding carboxylic acids is 2. The van der Waals surface area contributed by atoms with E-state index in [9.17, 15) is 19.1 Å². The number of halogens is 1. The first-order chi connectivity index (χ1) is 17.9. The fourth-order valence-electron chi connectivity index (χ4n) is 5.58. The maximum absolute atomic E-state index is 14.0. The molecule has 7 nitrogen and oxygen atoms in total. The van der Waals surface area contributed by atoms with Crippen LogP contribution < -0.4 is 10.1 Å². The number of hydrogen-bond donors (Lipinski definition) is 2. The van der Waals surface area contributed by atoms with Crippen molar-refractivity contribution in [3.8, 4) is 11.5 Å². The molecule has 0 amide bonds. The molecule has 8 heteroatoms. The Morgan fingerprint density at radius 3 is 2.62 bits per heavy atom. The number of phenols is 1. The normalized spacial score (nSPS) is 22.4. The third-order valence-electron chi connectivity index (χ3n) is 7.37. The van der Waals surface area contributed by atoms with Gasteiger partial charge in [-0.15, -0.1) is 0 Å². The molecule has 1 saturated heterocycles. The van der Waals surface area contributed by atoms with E-state index in [1.807, 2.05) is 24.3 Å². The first-order valence-corrected chi connectivity index (χ1v) is 12.5. The van der Waals surface area contributed by atoms with E-state index in [2.05, 4.69) is 5.32 Å². The molecule has 0 radical (unpaired) electrons. The first kappa shape index (κ1) is 25.0. The van der Waals surface area contributed by atoms with Gasteiger partial charge in [0.1, 0.15) is 11.9 Å². The SMILES string of the molecule is COc1ccccc1[C@H]1CC(=O)C2=C(C1)NC(C)=C(C(=O)OC1CCOCC1)[C@@H]2c1ccc(F)c(O)c1. The highest BCUT2D eigenvalue weighted by atomic mass is 19.1. The number of aromatic hydroxyl groups is 1. The number of esters is 1. The van der Waals surface area contributed by atoms with Crippen molar-refractivity contribution in [3.63, 3.8) is 0 Å². The third kappa shape index (κ3) is 4.85. The molecule has 2 heterocycles. The number of methoxy groups -OCH3 is 1. The number of nitrogens with one attached hydrogen (secondary N) is 1. The van der Waals surface area contributed by atoms with Gasteiger partial charge in [-0.05, 0) is 42.7 Å². The fourth-order valence-corrected chi connectivity index (χ4v) is 5.58. The van der Waals surface area contributed by atoms with E-state index in [0.29, 0.717) is 66.3 Å². The molecule has 0 saturated carbocycles. The number of benzene rings is 2. The van der Waals surface area contributed by atoms with Crippen LogP contribution >= 0.6 is 0 Å². The Morgan fingerprint density at radius 1 is 1.14 bits per heavy atom. The van der Waals surface area contributed by atoms with Crippen molar-refractivity contribution in [2.75, 3.05) is 20.3 Å². The molecule has 5 rings (SSSR count). The maximum atomic E-state index is 14.0. The van der Waals surface area contributed by atoms with Gasteiger partial charge in [0.2, 0.25) is 0 Å². The molecule has 194 valence electrons. The van der Waals surface area contributed by atoms with Crippen LogP contribution in [0.25, 0.3) is 0 Å². The van der Waals surface area contributed by atoms with Crippen LogP contribution in [0.4, 0.5) is 4.39 Å². The van der Waals surface area contributed by atoms with Crippen LogP contribution in [0.2, 0.25) is 0 Å². The zero-order chi connectivity index (χ0) is 26.1. The van der Waals surface area contributed by atoms with E-state index in [4.69, 9.17) is 14.2 Å². The molecule has 0 spiro atoms. The number of Topliss-reactive ketones (excluding diaryl/α,β-unsaturated/α-hetero) is 1. The molecule has 0 aromatic heterocycles. The quantitative estimate of drug-likeness (QED) is 0.570. The second kappa shape index (κ2) is 10.4. The molecular weight excluding hydrogens is 477 g/mol. The Kier molecular flexibility index (Phi) is 7.02. The van der Waals surface area contributed by atoms with Crippen molar-refractivity contribution in [1.29, 1.82) is 0 Å². The highest BCUT2D eigenvalue weighted by Crippen LogP contribution is 2.47. The monoisotopic (exact) mass is 507 g/mol. The zero-order valence-electron chi connectivity index (χ0n) is 20.9. The summed E-state index contributed by atoms with van der Waals surface area (Å²) in [5, 5.41) is 13.5. The minimum atomic E-state index is -0.791. The van der Waals surface area contributed by atoms with Crippen molar-refractivity contribution >= 4 is 11.8 Å². The summed E-state index contributed by atoms with van der Waals surface area (Å²) in [5.74, 6) is -2.15. The lowest BCUT2D eigenvalue weighted by Gasteiger charge is -2.37. The Balaban J connectivity index is 1.55. The summed E-state index contributed by atoms with van der Waals surface area (Å²) in [6.07, 6.45) is 1.68. The van der Waals surface area contributed by atoms with E-state index < -0.39 is 23.5 Å². The number of rotatable bonds is 5. The maximum Gasteiger partial charge on any atom is 0.337 e. The van der Waals surface area contributed by atoms with Crippen molar-refractivity contribution < 1.29 is 33.3 Å². The average molecular weight is 508 g/mol. The minimum absolute atomic E-state index is 0.110. The molecule has 0 bridgehead atoms. The molecule has 2 atom stereocenters. The van der Waals surface area contributed by atoms with E-state index in [1.165, 1.54) is 12.1 Å². The third-order valence-corrected chi connectivity index (χ3v) is 7.37. The summed E-state index contributed by atoms with van der Waals surface area (Å²) in [6, 6.07) is 11.6. The summed E-state index contributed by atoms with van der Waals surface area (Å²) in [4.78, 5) is 27.3. The highest BCUT2D eigenvalue weighted by Gasteiger charge is 2.42. The minimum Gasteiger partial charge on any atom is -0.505 e. The predicted octanol–water partition coefficient (Wildman–Crippen LogP) is 4.62. The largest absolute Gasteiger partial charge is 0.505 e. The lowest BCUT2D eigenvalue weighted by Crippen LogP contribution is -2.37. The number of para-hydroxylation sites is 1. The van der Waals surface area contributed by atoms with Crippen molar-refractivity contribution in [1.82, 2.24) is 5.32 Å². The fraction of sp³-hybridized carbons (Fsp3) is 0.379.